The fourth-order valence-corrected chi connectivity index (χ4v) is 7.61. The Morgan fingerprint density at radius 3 is 2.29 bits per heavy atom. The Bertz CT molecular complexity index is 1200. The maximum Gasteiger partial charge on any atom is 0.255 e. The van der Waals surface area contributed by atoms with Crippen LogP contribution in [0.4, 0.5) is 18.9 Å². The molecule has 1 amide bonds. The van der Waals surface area contributed by atoms with Gasteiger partial charge in [-0.2, -0.15) is 0 Å². The lowest BCUT2D eigenvalue weighted by atomic mass is 9.75. The Morgan fingerprint density at radius 2 is 1.74 bits per heavy atom. The van der Waals surface area contributed by atoms with Gasteiger partial charge in [0.15, 0.2) is 27.3 Å². The Labute approximate surface area is 200 Å². The van der Waals surface area contributed by atoms with Gasteiger partial charge in [-0.3, -0.25) is 4.79 Å². The van der Waals surface area contributed by atoms with E-state index in [9.17, 15) is 31.5 Å². The van der Waals surface area contributed by atoms with Gasteiger partial charge < -0.3 is 15.2 Å². The number of nitrogens with one attached hydrogen (secondary N) is 1. The number of anilines is 1. The SMILES string of the molecule is COC[C@]1(O)C2CCC1C[C@@H](S(=O)(=O)c1cc(C(=O)Nc3cc(F)c(F)c(F)c3)ccc1Cl)C2. The van der Waals surface area contributed by atoms with Gasteiger partial charge in [0.25, 0.3) is 5.91 Å². The molecule has 2 bridgehead atoms. The third-order valence-electron chi connectivity index (χ3n) is 6.93. The summed E-state index contributed by atoms with van der Waals surface area (Å²) in [4.78, 5) is 12.4. The Morgan fingerprint density at radius 1 is 1.15 bits per heavy atom. The second-order valence-corrected chi connectivity index (χ2v) is 11.5. The van der Waals surface area contributed by atoms with Gasteiger partial charge >= 0.3 is 0 Å². The van der Waals surface area contributed by atoms with Crippen molar-refractivity contribution in [1.82, 2.24) is 0 Å². The minimum Gasteiger partial charge on any atom is -0.387 e. The first-order valence-electron chi connectivity index (χ1n) is 10.7. The lowest BCUT2D eigenvalue weighted by Gasteiger charge is -2.42. The number of rotatable bonds is 6. The number of amides is 1. The number of halogens is 4. The smallest absolute Gasteiger partial charge is 0.255 e. The van der Waals surface area contributed by atoms with E-state index in [1.54, 1.807) is 0 Å². The Hall–Kier alpha value is -2.14. The molecule has 2 aromatic carbocycles. The lowest BCUT2D eigenvalue weighted by molar-refractivity contribution is -0.104. The maximum absolute atomic E-state index is 13.5. The largest absolute Gasteiger partial charge is 0.387 e. The van der Waals surface area contributed by atoms with Gasteiger partial charge in [-0.1, -0.05) is 11.6 Å². The molecule has 6 nitrogen and oxygen atoms in total. The highest BCUT2D eigenvalue weighted by Crippen LogP contribution is 2.52. The van der Waals surface area contributed by atoms with Gasteiger partial charge in [0.2, 0.25) is 0 Å². The van der Waals surface area contributed by atoms with E-state index in [1.165, 1.54) is 19.2 Å². The fraction of sp³-hybridized carbons (Fsp3) is 0.435. The fourth-order valence-electron chi connectivity index (χ4n) is 5.20. The molecule has 34 heavy (non-hydrogen) atoms. The van der Waals surface area contributed by atoms with Crippen LogP contribution in [0.5, 0.6) is 0 Å². The van der Waals surface area contributed by atoms with E-state index < -0.39 is 44.0 Å². The summed E-state index contributed by atoms with van der Waals surface area (Å²) >= 11 is 6.20. The number of aliphatic hydroxyl groups is 1. The highest BCUT2D eigenvalue weighted by molar-refractivity contribution is 7.92. The average molecular weight is 518 g/mol. The number of carbonyl (C=O) groups is 1. The van der Waals surface area contributed by atoms with Crippen LogP contribution in [0.15, 0.2) is 35.2 Å². The molecule has 2 aliphatic carbocycles. The summed E-state index contributed by atoms with van der Waals surface area (Å²) in [6.45, 7) is 0.135. The third kappa shape index (κ3) is 4.32. The molecule has 0 aromatic heterocycles. The second-order valence-electron chi connectivity index (χ2n) is 8.89. The van der Waals surface area contributed by atoms with Crippen LogP contribution in [0.25, 0.3) is 0 Å². The molecule has 2 atom stereocenters. The zero-order chi connectivity index (χ0) is 24.8. The standard InChI is InChI=1S/C23H23ClF3NO5S/c1-33-11-23(30)13-3-4-14(23)8-16(7-13)34(31,32)20-6-12(2-5-17(20)24)22(29)28-15-9-18(25)21(27)19(26)10-15/h2,5-6,9-10,13-14,16,30H,3-4,7-8,11H2,1H3,(H,28,29)/t13?,14?,16-,23-. The van der Waals surface area contributed by atoms with Crippen molar-refractivity contribution in [2.45, 2.75) is 41.4 Å². The second kappa shape index (κ2) is 9.14. The quantitative estimate of drug-likeness (QED) is 0.556. The molecule has 0 heterocycles. The predicted molar refractivity (Wildman–Crippen MR) is 119 cm³/mol. The predicted octanol–water partition coefficient (Wildman–Crippen LogP) is 4.35. The number of hydrogen-bond acceptors (Lipinski definition) is 5. The number of benzene rings is 2. The van der Waals surface area contributed by atoms with Crippen molar-refractivity contribution in [3.63, 3.8) is 0 Å². The third-order valence-corrected chi connectivity index (χ3v) is 9.58. The van der Waals surface area contributed by atoms with Crippen molar-refractivity contribution in [2.75, 3.05) is 19.0 Å². The highest BCUT2D eigenvalue weighted by Gasteiger charge is 2.55. The molecule has 184 valence electrons. The van der Waals surface area contributed by atoms with E-state index in [0.29, 0.717) is 25.0 Å². The maximum atomic E-state index is 13.5. The minimum atomic E-state index is -3.97. The Kier molecular flexibility index (Phi) is 6.71. The number of methoxy groups -OCH3 is 1. The highest BCUT2D eigenvalue weighted by atomic mass is 35.5. The van der Waals surface area contributed by atoms with E-state index in [0.717, 1.165) is 6.07 Å². The molecule has 0 radical (unpaired) electrons. The minimum absolute atomic E-state index is 0.0690. The molecular formula is C23H23ClF3NO5S. The molecule has 2 saturated carbocycles. The summed E-state index contributed by atoms with van der Waals surface area (Å²) in [5.41, 5.74) is -1.50. The first-order valence-corrected chi connectivity index (χ1v) is 12.6. The van der Waals surface area contributed by atoms with Crippen molar-refractivity contribution in [1.29, 1.82) is 0 Å². The zero-order valence-corrected chi connectivity index (χ0v) is 19.7. The van der Waals surface area contributed by atoms with Crippen molar-refractivity contribution >= 4 is 33.0 Å². The summed E-state index contributed by atoms with van der Waals surface area (Å²) in [5, 5.41) is 12.4. The monoisotopic (exact) mass is 517 g/mol. The lowest BCUT2D eigenvalue weighted by Crippen LogP contribution is -2.51. The molecule has 2 fully saturated rings. The molecule has 11 heteroatoms. The molecule has 0 saturated heterocycles. The van der Waals surface area contributed by atoms with E-state index >= 15 is 0 Å². The summed E-state index contributed by atoms with van der Waals surface area (Å²) in [6.07, 6.45) is 1.86. The topological polar surface area (TPSA) is 92.7 Å². The average Bonchev–Trinajstić information content (AvgIpc) is 2.93. The molecular weight excluding hydrogens is 495 g/mol. The number of sulfone groups is 1. The molecule has 2 aromatic rings. The normalized spacial score (nSPS) is 26.5. The first-order chi connectivity index (χ1) is 16.0. The van der Waals surface area contributed by atoms with Gasteiger partial charge in [-0.05, 0) is 55.7 Å². The number of ether oxygens (including phenoxy) is 1. The summed E-state index contributed by atoms with van der Waals surface area (Å²) in [6, 6.07) is 4.87. The van der Waals surface area contributed by atoms with Crippen molar-refractivity contribution in [2.24, 2.45) is 11.8 Å². The van der Waals surface area contributed by atoms with E-state index in [1.807, 2.05) is 0 Å². The molecule has 0 aliphatic heterocycles. The van der Waals surface area contributed by atoms with Gasteiger partial charge in [-0.25, -0.2) is 21.6 Å². The van der Waals surface area contributed by atoms with Crippen LogP contribution < -0.4 is 5.32 Å². The van der Waals surface area contributed by atoms with Crippen molar-refractivity contribution in [3.05, 3.63) is 58.4 Å². The summed E-state index contributed by atoms with van der Waals surface area (Å²) < 4.78 is 72.2. The van der Waals surface area contributed by atoms with Gasteiger partial charge in [-0.15, -0.1) is 0 Å². The zero-order valence-electron chi connectivity index (χ0n) is 18.2. The van der Waals surface area contributed by atoms with Crippen LogP contribution in [0.1, 0.15) is 36.0 Å². The van der Waals surface area contributed by atoms with E-state index in [-0.39, 0.29) is 52.5 Å². The van der Waals surface area contributed by atoms with Crippen LogP contribution in [0.2, 0.25) is 5.02 Å². The van der Waals surface area contributed by atoms with Crippen molar-refractivity contribution < 1.29 is 36.2 Å². The number of hydrogen-bond donors (Lipinski definition) is 2. The molecule has 2 N–H and O–H groups in total. The van der Waals surface area contributed by atoms with Gasteiger partial charge in [0.1, 0.15) is 0 Å². The molecule has 4 rings (SSSR count). The van der Waals surface area contributed by atoms with Crippen molar-refractivity contribution in [3.8, 4) is 0 Å². The van der Waals surface area contributed by atoms with Crippen LogP contribution >= 0.6 is 11.6 Å². The first kappa shape index (κ1) is 25.0. The Balaban J connectivity index is 1.59. The van der Waals surface area contributed by atoms with Crippen LogP contribution in [0.3, 0.4) is 0 Å². The van der Waals surface area contributed by atoms with Crippen LogP contribution in [0, 0.1) is 29.3 Å². The molecule has 0 spiro atoms. The number of fused-ring (bicyclic) bond motifs is 2. The van der Waals surface area contributed by atoms with Crippen LogP contribution in [-0.4, -0.2) is 44.0 Å². The molecule has 2 unspecified atom stereocenters. The summed E-state index contributed by atoms with van der Waals surface area (Å²) in [7, 11) is -2.47. The summed E-state index contributed by atoms with van der Waals surface area (Å²) in [5.74, 6) is -5.95. The number of carbonyl (C=O) groups excluding carboxylic acids is 1. The van der Waals surface area contributed by atoms with E-state index in [2.05, 4.69) is 5.32 Å². The molecule has 2 aliphatic rings. The van der Waals surface area contributed by atoms with Crippen LogP contribution in [-0.2, 0) is 14.6 Å². The van der Waals surface area contributed by atoms with Gasteiger partial charge in [0.05, 0.1) is 27.4 Å². The van der Waals surface area contributed by atoms with E-state index in [4.69, 9.17) is 16.3 Å². The van der Waals surface area contributed by atoms with Gasteiger partial charge in [0, 0.05) is 30.5 Å².